The van der Waals surface area contributed by atoms with E-state index in [2.05, 4.69) is 29.0 Å². The first-order valence-electron chi connectivity index (χ1n) is 11.3. The number of hydrogen-bond acceptors (Lipinski definition) is 4. The van der Waals surface area contributed by atoms with Crippen molar-refractivity contribution in [2.45, 2.75) is 46.6 Å². The van der Waals surface area contributed by atoms with Gasteiger partial charge in [0.15, 0.2) is 0 Å². The van der Waals surface area contributed by atoms with Crippen LogP contribution >= 0.6 is 11.6 Å². The molecule has 0 aliphatic carbocycles. The van der Waals surface area contributed by atoms with E-state index in [9.17, 15) is 4.79 Å². The van der Waals surface area contributed by atoms with Crippen LogP contribution in [0, 0.1) is 27.7 Å². The summed E-state index contributed by atoms with van der Waals surface area (Å²) in [7, 11) is 0. The van der Waals surface area contributed by atoms with E-state index in [0.717, 1.165) is 39.3 Å². The first-order valence-corrected chi connectivity index (χ1v) is 11.7. The number of anilines is 1. The predicted octanol–water partition coefficient (Wildman–Crippen LogP) is 5.62. The Labute approximate surface area is 204 Å². The third kappa shape index (κ3) is 3.99. The second kappa shape index (κ2) is 8.69. The Kier molecular flexibility index (Phi) is 5.70. The van der Waals surface area contributed by atoms with E-state index in [1.165, 1.54) is 0 Å². The summed E-state index contributed by atoms with van der Waals surface area (Å²) >= 11 is 6.60. The number of aromatic nitrogens is 4. The molecule has 1 amide bonds. The van der Waals surface area contributed by atoms with Gasteiger partial charge in [0.2, 0.25) is 5.91 Å². The SMILES string of the molecule is Cc1cccc(CN2C(=O)CC(c3ccccc3Cl)c3c(C)nn(-c4nc(C)cc(C)n4)c32)c1. The molecule has 34 heavy (non-hydrogen) atoms. The van der Waals surface area contributed by atoms with E-state index in [1.54, 1.807) is 4.68 Å². The summed E-state index contributed by atoms with van der Waals surface area (Å²) in [5, 5.41) is 5.50. The van der Waals surface area contributed by atoms with Crippen molar-refractivity contribution in [3.05, 3.63) is 99.0 Å². The van der Waals surface area contributed by atoms with Crippen LogP contribution in [0.4, 0.5) is 5.82 Å². The van der Waals surface area contributed by atoms with Gasteiger partial charge in [0.1, 0.15) is 5.82 Å². The number of carbonyl (C=O) groups is 1. The van der Waals surface area contributed by atoms with E-state index in [4.69, 9.17) is 16.7 Å². The summed E-state index contributed by atoms with van der Waals surface area (Å²) in [6.45, 7) is 8.34. The number of amides is 1. The zero-order valence-electron chi connectivity index (χ0n) is 19.7. The lowest BCUT2D eigenvalue weighted by molar-refractivity contribution is -0.119. The normalized spacial score (nSPS) is 15.5. The minimum absolute atomic E-state index is 0.0180. The van der Waals surface area contributed by atoms with Crippen LogP contribution in [0.2, 0.25) is 5.02 Å². The van der Waals surface area contributed by atoms with Gasteiger partial charge >= 0.3 is 0 Å². The standard InChI is InChI=1S/C27H26ClN5O/c1-16-8-7-9-20(12-16)15-32-24(34)14-22(21-10-5-6-11-23(21)28)25-19(4)31-33(26(25)32)27-29-17(2)13-18(3)30-27/h5-13,22H,14-15H2,1-4H3. The van der Waals surface area contributed by atoms with Crippen LogP contribution in [-0.4, -0.2) is 25.7 Å². The molecule has 0 bridgehead atoms. The minimum atomic E-state index is -0.190. The maximum Gasteiger partial charge on any atom is 0.252 e. The van der Waals surface area contributed by atoms with Crippen LogP contribution in [0.1, 0.15) is 51.7 Å². The molecule has 0 fully saturated rings. The lowest BCUT2D eigenvalue weighted by atomic mass is 9.85. The van der Waals surface area contributed by atoms with E-state index >= 15 is 0 Å². The maximum absolute atomic E-state index is 13.7. The van der Waals surface area contributed by atoms with Crippen LogP contribution in [0.3, 0.4) is 0 Å². The number of fused-ring (bicyclic) bond motifs is 1. The number of carbonyl (C=O) groups excluding carboxylic acids is 1. The fourth-order valence-corrected chi connectivity index (χ4v) is 5.09. The first kappa shape index (κ1) is 22.3. The fraction of sp³-hybridized carbons (Fsp3) is 0.259. The largest absolute Gasteiger partial charge is 0.292 e. The van der Waals surface area contributed by atoms with E-state index in [-0.39, 0.29) is 11.8 Å². The third-order valence-corrected chi connectivity index (χ3v) is 6.57. The van der Waals surface area contributed by atoms with Gasteiger partial charge in [0.05, 0.1) is 12.2 Å². The quantitative estimate of drug-likeness (QED) is 0.387. The molecule has 0 radical (unpaired) electrons. The van der Waals surface area contributed by atoms with Crippen molar-refractivity contribution >= 4 is 23.3 Å². The molecule has 2 aromatic heterocycles. The summed E-state index contributed by atoms with van der Waals surface area (Å²) < 4.78 is 1.72. The molecular formula is C27H26ClN5O. The highest BCUT2D eigenvalue weighted by Crippen LogP contribution is 2.45. The van der Waals surface area contributed by atoms with Crippen molar-refractivity contribution in [3.63, 3.8) is 0 Å². The van der Waals surface area contributed by atoms with Gasteiger partial charge in [-0.1, -0.05) is 59.6 Å². The number of halogens is 1. The smallest absolute Gasteiger partial charge is 0.252 e. The van der Waals surface area contributed by atoms with Crippen molar-refractivity contribution in [3.8, 4) is 5.95 Å². The second-order valence-electron chi connectivity index (χ2n) is 8.93. The molecule has 0 spiro atoms. The van der Waals surface area contributed by atoms with Gasteiger partial charge in [-0.25, -0.2) is 9.97 Å². The molecule has 7 heteroatoms. The summed E-state index contributed by atoms with van der Waals surface area (Å²) in [4.78, 5) is 24.8. The topological polar surface area (TPSA) is 63.9 Å². The monoisotopic (exact) mass is 471 g/mol. The summed E-state index contributed by atoms with van der Waals surface area (Å²) in [5.74, 6) is 1.00. The maximum atomic E-state index is 13.7. The van der Waals surface area contributed by atoms with Gasteiger partial charge in [-0.3, -0.25) is 9.69 Å². The molecule has 1 aliphatic rings. The van der Waals surface area contributed by atoms with Crippen LogP contribution in [-0.2, 0) is 11.3 Å². The molecule has 5 rings (SSSR count). The molecule has 1 aliphatic heterocycles. The van der Waals surface area contributed by atoms with Crippen molar-refractivity contribution in [2.24, 2.45) is 0 Å². The van der Waals surface area contributed by atoms with Crippen LogP contribution < -0.4 is 4.90 Å². The number of nitrogens with zero attached hydrogens (tertiary/aromatic N) is 5. The molecule has 0 saturated carbocycles. The second-order valence-corrected chi connectivity index (χ2v) is 9.34. The fourth-order valence-electron chi connectivity index (χ4n) is 4.82. The Morgan fingerprint density at radius 3 is 2.41 bits per heavy atom. The zero-order chi connectivity index (χ0) is 24.0. The molecule has 1 unspecified atom stereocenters. The van der Waals surface area contributed by atoms with Crippen LogP contribution in [0.15, 0.2) is 54.6 Å². The van der Waals surface area contributed by atoms with Gasteiger partial charge in [0.25, 0.3) is 5.95 Å². The first-order chi connectivity index (χ1) is 16.3. The number of rotatable bonds is 4. The molecule has 0 saturated heterocycles. The Hall–Kier alpha value is -3.51. The summed E-state index contributed by atoms with van der Waals surface area (Å²) in [5.41, 5.74) is 6.66. The molecule has 0 N–H and O–H groups in total. The average molecular weight is 472 g/mol. The Morgan fingerprint density at radius 2 is 1.71 bits per heavy atom. The minimum Gasteiger partial charge on any atom is -0.292 e. The Balaban J connectivity index is 1.73. The van der Waals surface area contributed by atoms with Gasteiger partial charge < -0.3 is 0 Å². The van der Waals surface area contributed by atoms with Crippen molar-refractivity contribution in [1.29, 1.82) is 0 Å². The summed E-state index contributed by atoms with van der Waals surface area (Å²) in [6.07, 6.45) is 0.322. The molecule has 3 heterocycles. The molecule has 172 valence electrons. The Bertz CT molecular complexity index is 1390. The van der Waals surface area contributed by atoms with Gasteiger partial charge in [-0.05, 0) is 51.0 Å². The zero-order valence-corrected chi connectivity index (χ0v) is 20.5. The number of benzene rings is 2. The van der Waals surface area contributed by atoms with E-state index < -0.39 is 0 Å². The number of aryl methyl sites for hydroxylation is 4. The molecule has 6 nitrogen and oxygen atoms in total. The molecule has 1 atom stereocenters. The average Bonchev–Trinajstić information content (AvgIpc) is 3.13. The van der Waals surface area contributed by atoms with Crippen molar-refractivity contribution < 1.29 is 4.79 Å². The van der Waals surface area contributed by atoms with E-state index in [1.807, 2.05) is 68.1 Å². The molecule has 4 aromatic rings. The van der Waals surface area contributed by atoms with E-state index in [0.29, 0.717) is 29.8 Å². The molecular weight excluding hydrogens is 446 g/mol. The van der Waals surface area contributed by atoms with Crippen LogP contribution in [0.5, 0.6) is 0 Å². The lowest BCUT2D eigenvalue weighted by Crippen LogP contribution is -2.38. The van der Waals surface area contributed by atoms with Gasteiger partial charge in [-0.15, -0.1) is 0 Å². The highest BCUT2D eigenvalue weighted by Gasteiger charge is 2.39. The van der Waals surface area contributed by atoms with Crippen LogP contribution in [0.25, 0.3) is 5.95 Å². The Morgan fingerprint density at radius 1 is 0.971 bits per heavy atom. The van der Waals surface area contributed by atoms with Crippen molar-refractivity contribution in [1.82, 2.24) is 19.7 Å². The van der Waals surface area contributed by atoms with Crippen molar-refractivity contribution in [2.75, 3.05) is 4.90 Å². The lowest BCUT2D eigenvalue weighted by Gasteiger charge is -2.33. The van der Waals surface area contributed by atoms with Gasteiger partial charge in [-0.2, -0.15) is 9.78 Å². The molecule has 2 aromatic carbocycles. The number of hydrogen-bond donors (Lipinski definition) is 0. The third-order valence-electron chi connectivity index (χ3n) is 6.23. The summed E-state index contributed by atoms with van der Waals surface area (Å²) in [6, 6.07) is 17.9. The highest BCUT2D eigenvalue weighted by atomic mass is 35.5. The highest BCUT2D eigenvalue weighted by molar-refractivity contribution is 6.31. The van der Waals surface area contributed by atoms with Gasteiger partial charge in [0, 0.05) is 34.3 Å². The predicted molar refractivity (Wildman–Crippen MR) is 134 cm³/mol.